The van der Waals surface area contributed by atoms with E-state index in [9.17, 15) is 9.90 Å². The Kier molecular flexibility index (Phi) is 8.44. The van der Waals surface area contributed by atoms with E-state index < -0.39 is 6.10 Å². The molecule has 0 saturated heterocycles. The van der Waals surface area contributed by atoms with Crippen LogP contribution in [0.1, 0.15) is 57.4 Å². The van der Waals surface area contributed by atoms with E-state index in [1.165, 1.54) is 25.3 Å². The van der Waals surface area contributed by atoms with Crippen LogP contribution in [0.15, 0.2) is 30.3 Å². The van der Waals surface area contributed by atoms with E-state index in [4.69, 9.17) is 5.11 Å². The van der Waals surface area contributed by atoms with Gasteiger partial charge in [-0.3, -0.25) is 4.79 Å². The average Bonchev–Trinajstić information content (AvgIpc) is 2.46. The highest BCUT2D eigenvalue weighted by molar-refractivity contribution is 5.93. The fourth-order valence-electron chi connectivity index (χ4n) is 2.16. The minimum Gasteiger partial charge on any atom is -0.508 e. The van der Waals surface area contributed by atoms with E-state index in [2.05, 4.69) is 6.92 Å². The van der Waals surface area contributed by atoms with Crippen LogP contribution in [0.5, 0.6) is 5.75 Å². The molecule has 0 saturated carbocycles. The summed E-state index contributed by atoms with van der Waals surface area (Å²) < 4.78 is 0. The number of carbonyl (C=O) groups is 1. The topological polar surface area (TPSA) is 57.5 Å². The molecule has 0 bridgehead atoms. The number of carbonyl (C=O) groups excluding carboxylic acids is 1. The molecule has 0 radical (unpaired) electrons. The SMILES string of the molecule is CCCCCCCC(O)CC(=O)/C=C/c1ccc(O)cc1. The van der Waals surface area contributed by atoms with Crippen LogP contribution in [0, 0.1) is 0 Å². The minimum absolute atomic E-state index is 0.0656. The second-order valence-corrected chi connectivity index (χ2v) is 5.45. The lowest BCUT2D eigenvalue weighted by Gasteiger charge is -2.08. The number of aliphatic hydroxyl groups is 1. The van der Waals surface area contributed by atoms with Crippen LogP contribution in [0.25, 0.3) is 6.08 Å². The number of phenols is 1. The number of aromatic hydroxyl groups is 1. The summed E-state index contributed by atoms with van der Waals surface area (Å²) in [4.78, 5) is 11.7. The third kappa shape index (κ3) is 8.30. The summed E-state index contributed by atoms with van der Waals surface area (Å²) in [5, 5.41) is 19.0. The zero-order valence-electron chi connectivity index (χ0n) is 12.8. The number of allylic oxidation sites excluding steroid dienone is 1. The predicted octanol–water partition coefficient (Wildman–Crippen LogP) is 4.09. The van der Waals surface area contributed by atoms with Crippen LogP contribution >= 0.6 is 0 Å². The van der Waals surface area contributed by atoms with E-state index >= 15 is 0 Å². The van der Waals surface area contributed by atoms with Crippen molar-refractivity contribution >= 4 is 11.9 Å². The quantitative estimate of drug-likeness (QED) is 0.504. The van der Waals surface area contributed by atoms with E-state index in [0.717, 1.165) is 18.4 Å². The van der Waals surface area contributed by atoms with Crippen LogP contribution in [-0.2, 0) is 4.79 Å². The summed E-state index contributed by atoms with van der Waals surface area (Å²) in [5.41, 5.74) is 0.857. The maximum atomic E-state index is 11.7. The van der Waals surface area contributed by atoms with Gasteiger partial charge >= 0.3 is 0 Å². The van der Waals surface area contributed by atoms with Crippen LogP contribution < -0.4 is 0 Å². The van der Waals surface area contributed by atoms with E-state index in [0.29, 0.717) is 6.42 Å². The lowest BCUT2D eigenvalue weighted by atomic mass is 10.0. The number of aliphatic hydroxyl groups excluding tert-OH is 1. The molecular formula is C18H26O3. The van der Waals surface area contributed by atoms with Crippen LogP contribution in [0.3, 0.4) is 0 Å². The molecule has 116 valence electrons. The molecule has 0 fully saturated rings. The number of unbranched alkanes of at least 4 members (excludes halogenated alkanes) is 4. The fraction of sp³-hybridized carbons (Fsp3) is 0.500. The summed E-state index contributed by atoms with van der Waals surface area (Å²) in [5.74, 6) is 0.140. The standard InChI is InChI=1S/C18H26O3/c1-2-3-4-5-6-7-17(20)14-18(21)13-10-15-8-11-16(19)12-9-15/h8-13,17,19-20H,2-7,14H2,1H3/b13-10+. The number of benzene rings is 1. The van der Waals surface area contributed by atoms with Gasteiger partial charge in [0.2, 0.25) is 0 Å². The van der Waals surface area contributed by atoms with Crippen molar-refractivity contribution in [3.63, 3.8) is 0 Å². The molecule has 0 aliphatic carbocycles. The molecule has 1 aromatic rings. The first-order valence-electron chi connectivity index (χ1n) is 7.80. The Morgan fingerprint density at radius 2 is 1.81 bits per heavy atom. The Bertz CT molecular complexity index is 434. The highest BCUT2D eigenvalue weighted by atomic mass is 16.3. The molecule has 2 N–H and O–H groups in total. The molecule has 21 heavy (non-hydrogen) atoms. The number of hydrogen-bond donors (Lipinski definition) is 2. The molecule has 1 unspecified atom stereocenters. The predicted molar refractivity (Wildman–Crippen MR) is 86.1 cm³/mol. The van der Waals surface area contributed by atoms with Gasteiger partial charge in [0.1, 0.15) is 5.75 Å². The van der Waals surface area contributed by atoms with Gasteiger partial charge in [-0.2, -0.15) is 0 Å². The minimum atomic E-state index is -0.538. The smallest absolute Gasteiger partial charge is 0.158 e. The van der Waals surface area contributed by atoms with Gasteiger partial charge in [-0.25, -0.2) is 0 Å². The summed E-state index contributed by atoms with van der Waals surface area (Å²) in [7, 11) is 0. The van der Waals surface area contributed by atoms with Crippen molar-refractivity contribution in [2.75, 3.05) is 0 Å². The summed E-state index contributed by atoms with van der Waals surface area (Å²) in [6, 6.07) is 6.64. The van der Waals surface area contributed by atoms with Crippen LogP contribution in [-0.4, -0.2) is 22.1 Å². The molecule has 3 nitrogen and oxygen atoms in total. The Labute approximate surface area is 127 Å². The summed E-state index contributed by atoms with van der Waals surface area (Å²) in [6.45, 7) is 2.17. The molecule has 0 spiro atoms. The first kappa shape index (κ1) is 17.4. The monoisotopic (exact) mass is 290 g/mol. The third-order valence-corrected chi connectivity index (χ3v) is 3.43. The molecule has 0 aliphatic heterocycles. The highest BCUT2D eigenvalue weighted by Gasteiger charge is 2.08. The van der Waals surface area contributed by atoms with E-state index in [1.807, 2.05) is 0 Å². The first-order valence-corrected chi connectivity index (χ1v) is 7.80. The van der Waals surface area contributed by atoms with E-state index in [-0.39, 0.29) is 18.0 Å². The van der Waals surface area contributed by atoms with Gasteiger partial charge in [0.25, 0.3) is 0 Å². The van der Waals surface area contributed by atoms with Crippen molar-refractivity contribution < 1.29 is 15.0 Å². The van der Waals surface area contributed by atoms with Crippen molar-refractivity contribution in [3.8, 4) is 5.75 Å². The number of hydrogen-bond acceptors (Lipinski definition) is 3. The molecule has 0 aromatic heterocycles. The van der Waals surface area contributed by atoms with Gasteiger partial charge in [-0.05, 0) is 30.2 Å². The zero-order chi connectivity index (χ0) is 15.5. The fourth-order valence-corrected chi connectivity index (χ4v) is 2.16. The van der Waals surface area contributed by atoms with Crippen molar-refractivity contribution in [1.29, 1.82) is 0 Å². The second-order valence-electron chi connectivity index (χ2n) is 5.45. The lowest BCUT2D eigenvalue weighted by molar-refractivity contribution is -0.116. The first-order chi connectivity index (χ1) is 10.1. The Morgan fingerprint density at radius 1 is 1.14 bits per heavy atom. The molecule has 1 atom stereocenters. The molecule has 0 aliphatic rings. The van der Waals surface area contributed by atoms with E-state index in [1.54, 1.807) is 30.3 Å². The molecule has 1 aromatic carbocycles. The Hall–Kier alpha value is -1.61. The van der Waals surface area contributed by atoms with Crippen molar-refractivity contribution in [3.05, 3.63) is 35.9 Å². The van der Waals surface area contributed by atoms with Gasteiger partial charge < -0.3 is 10.2 Å². The van der Waals surface area contributed by atoms with Crippen molar-refractivity contribution in [2.24, 2.45) is 0 Å². The molecule has 0 heterocycles. The van der Waals surface area contributed by atoms with Gasteiger partial charge in [-0.1, -0.05) is 57.2 Å². The van der Waals surface area contributed by atoms with Gasteiger partial charge in [0.05, 0.1) is 6.10 Å². The van der Waals surface area contributed by atoms with Gasteiger partial charge in [-0.15, -0.1) is 0 Å². The molecule has 0 amide bonds. The van der Waals surface area contributed by atoms with Gasteiger partial charge in [0, 0.05) is 6.42 Å². The number of phenolic OH excluding ortho intramolecular Hbond substituents is 1. The third-order valence-electron chi connectivity index (χ3n) is 3.43. The zero-order valence-corrected chi connectivity index (χ0v) is 12.8. The summed E-state index contributed by atoms with van der Waals surface area (Å²) in [6.07, 6.45) is 9.31. The van der Waals surface area contributed by atoms with Crippen LogP contribution in [0.4, 0.5) is 0 Å². The number of ketones is 1. The van der Waals surface area contributed by atoms with Crippen molar-refractivity contribution in [1.82, 2.24) is 0 Å². The summed E-state index contributed by atoms with van der Waals surface area (Å²) >= 11 is 0. The maximum Gasteiger partial charge on any atom is 0.158 e. The second kappa shape index (κ2) is 10.2. The lowest BCUT2D eigenvalue weighted by Crippen LogP contribution is -2.11. The maximum absolute atomic E-state index is 11.7. The molecule has 3 heteroatoms. The highest BCUT2D eigenvalue weighted by Crippen LogP contribution is 2.12. The molecule has 1 rings (SSSR count). The Balaban J connectivity index is 2.24. The average molecular weight is 290 g/mol. The van der Waals surface area contributed by atoms with Crippen LogP contribution in [0.2, 0.25) is 0 Å². The number of rotatable bonds is 10. The Morgan fingerprint density at radius 3 is 2.48 bits per heavy atom. The molecular weight excluding hydrogens is 264 g/mol. The normalized spacial score (nSPS) is 12.7. The van der Waals surface area contributed by atoms with Gasteiger partial charge in [0.15, 0.2) is 5.78 Å². The largest absolute Gasteiger partial charge is 0.508 e. The van der Waals surface area contributed by atoms with Crippen molar-refractivity contribution in [2.45, 2.75) is 58.0 Å².